The molecule has 0 aromatic heterocycles. The van der Waals surface area contributed by atoms with Crippen LogP contribution in [0.15, 0.2) is 17.0 Å². The number of amides is 2. The number of hydrogen-bond donors (Lipinski definition) is 1. The Hall–Kier alpha value is -2.13. The van der Waals surface area contributed by atoms with E-state index in [1.807, 2.05) is 0 Å². The molecule has 0 bridgehead atoms. The minimum atomic E-state index is -3.86. The van der Waals surface area contributed by atoms with E-state index in [0.29, 0.717) is 30.1 Å². The Kier molecular flexibility index (Phi) is 5.19. The van der Waals surface area contributed by atoms with Crippen molar-refractivity contribution in [2.24, 2.45) is 0 Å². The molecule has 0 spiro atoms. The zero-order valence-electron chi connectivity index (χ0n) is 14.9. The normalized spacial score (nSPS) is 17.5. The third kappa shape index (κ3) is 3.68. The van der Waals surface area contributed by atoms with Gasteiger partial charge in [-0.25, -0.2) is 8.42 Å². The van der Waals surface area contributed by atoms with Gasteiger partial charge in [0.2, 0.25) is 15.9 Å². The highest BCUT2D eigenvalue weighted by Gasteiger charge is 2.29. The van der Waals surface area contributed by atoms with Crippen LogP contribution in [-0.4, -0.2) is 62.7 Å². The lowest BCUT2D eigenvalue weighted by molar-refractivity contribution is -0.132. The molecule has 1 N–H and O–H groups in total. The first-order valence-corrected chi connectivity index (χ1v) is 10.0. The topological polar surface area (TPSA) is 96.0 Å². The number of fused-ring (bicyclic) bond motifs is 1. The predicted molar refractivity (Wildman–Crippen MR) is 95.6 cm³/mol. The molecule has 2 amide bonds. The molecule has 1 fully saturated rings. The summed E-state index contributed by atoms with van der Waals surface area (Å²) in [6.07, 6.45) is 3.01. The molecule has 1 aromatic carbocycles. The van der Waals surface area contributed by atoms with Gasteiger partial charge in [-0.1, -0.05) is 0 Å². The van der Waals surface area contributed by atoms with Crippen molar-refractivity contribution >= 4 is 27.5 Å². The molecule has 2 aliphatic heterocycles. The Morgan fingerprint density at radius 1 is 1.27 bits per heavy atom. The molecule has 2 heterocycles. The molecular weight excluding hydrogens is 358 g/mol. The fraction of sp³-hybridized carbons (Fsp3) is 0.529. The van der Waals surface area contributed by atoms with Crippen LogP contribution in [-0.2, 0) is 19.6 Å². The van der Waals surface area contributed by atoms with Gasteiger partial charge in [0.25, 0.3) is 5.91 Å². The molecule has 1 saturated heterocycles. The van der Waals surface area contributed by atoms with Gasteiger partial charge >= 0.3 is 0 Å². The second kappa shape index (κ2) is 7.24. The quantitative estimate of drug-likeness (QED) is 0.838. The number of nitrogens with one attached hydrogen (secondary N) is 1. The predicted octanol–water partition coefficient (Wildman–Crippen LogP) is 0.959. The molecule has 0 aliphatic carbocycles. The lowest BCUT2D eigenvalue weighted by atomic mass is 10.1. The van der Waals surface area contributed by atoms with Gasteiger partial charge in [-0.05, 0) is 37.8 Å². The third-order valence-electron chi connectivity index (χ3n) is 4.66. The van der Waals surface area contributed by atoms with E-state index in [1.54, 1.807) is 17.9 Å². The summed E-state index contributed by atoms with van der Waals surface area (Å²) < 4.78 is 32.2. The van der Waals surface area contributed by atoms with Crippen molar-refractivity contribution in [2.45, 2.75) is 31.1 Å². The van der Waals surface area contributed by atoms with Crippen molar-refractivity contribution < 1.29 is 22.7 Å². The summed E-state index contributed by atoms with van der Waals surface area (Å²) in [5.74, 6) is -0.156. The molecular formula is C17H23N3O5S. The van der Waals surface area contributed by atoms with Crippen LogP contribution in [0.1, 0.15) is 24.8 Å². The highest BCUT2D eigenvalue weighted by atomic mass is 32.2. The highest BCUT2D eigenvalue weighted by molar-refractivity contribution is 7.89. The zero-order chi connectivity index (χ0) is 18.9. The molecule has 9 heteroatoms. The van der Waals surface area contributed by atoms with Crippen LogP contribution in [0.4, 0.5) is 5.69 Å². The van der Waals surface area contributed by atoms with Gasteiger partial charge in [0.05, 0.1) is 17.1 Å². The van der Waals surface area contributed by atoms with Gasteiger partial charge < -0.3 is 15.0 Å². The number of aryl methyl sites for hydroxylation is 1. The minimum Gasteiger partial charge on any atom is -0.482 e. The average molecular weight is 381 g/mol. The van der Waals surface area contributed by atoms with E-state index in [1.165, 1.54) is 13.1 Å². The van der Waals surface area contributed by atoms with Crippen LogP contribution in [0.3, 0.4) is 0 Å². The smallest absolute Gasteiger partial charge is 0.262 e. The van der Waals surface area contributed by atoms with Crippen LogP contribution in [0.2, 0.25) is 0 Å². The van der Waals surface area contributed by atoms with Gasteiger partial charge in [0.15, 0.2) is 6.61 Å². The first-order chi connectivity index (χ1) is 12.3. The zero-order valence-corrected chi connectivity index (χ0v) is 15.8. The van der Waals surface area contributed by atoms with E-state index in [2.05, 4.69) is 5.32 Å². The van der Waals surface area contributed by atoms with Gasteiger partial charge in [0.1, 0.15) is 5.75 Å². The van der Waals surface area contributed by atoms with Crippen molar-refractivity contribution in [2.75, 3.05) is 38.6 Å². The maximum atomic E-state index is 12.9. The van der Waals surface area contributed by atoms with Crippen molar-refractivity contribution in [1.82, 2.24) is 9.21 Å². The second-order valence-corrected chi connectivity index (χ2v) is 8.67. The Morgan fingerprint density at radius 3 is 2.65 bits per heavy atom. The lowest BCUT2D eigenvalue weighted by Gasteiger charge is -2.29. The monoisotopic (exact) mass is 381 g/mol. The molecule has 0 radical (unpaired) electrons. The van der Waals surface area contributed by atoms with Crippen LogP contribution in [0.5, 0.6) is 5.75 Å². The largest absolute Gasteiger partial charge is 0.482 e. The highest BCUT2D eigenvalue weighted by Crippen LogP contribution is 2.33. The molecule has 0 atom stereocenters. The summed E-state index contributed by atoms with van der Waals surface area (Å²) in [4.78, 5) is 25.6. The second-order valence-electron chi connectivity index (χ2n) is 6.65. The number of likely N-dealkylation sites (N-methyl/N-ethyl adjacent to an activating group) is 1. The number of likely N-dealkylation sites (tertiary alicyclic amines) is 1. The minimum absolute atomic E-state index is 0.0707. The Morgan fingerprint density at radius 2 is 1.96 bits per heavy atom. The Labute approximate surface area is 153 Å². The van der Waals surface area contributed by atoms with E-state index in [4.69, 9.17) is 4.74 Å². The molecule has 142 valence electrons. The molecule has 8 nitrogen and oxygen atoms in total. The molecule has 2 aliphatic rings. The van der Waals surface area contributed by atoms with Crippen LogP contribution in [0, 0.1) is 6.92 Å². The number of anilines is 1. The van der Waals surface area contributed by atoms with Gasteiger partial charge in [-0.15, -0.1) is 0 Å². The van der Waals surface area contributed by atoms with Gasteiger partial charge in [-0.2, -0.15) is 4.31 Å². The van der Waals surface area contributed by atoms with Crippen LogP contribution in [0.25, 0.3) is 0 Å². The summed E-state index contributed by atoms with van der Waals surface area (Å²) in [6.45, 7) is 2.65. The van der Waals surface area contributed by atoms with E-state index < -0.39 is 10.0 Å². The number of carbonyl (C=O) groups is 2. The maximum absolute atomic E-state index is 12.9. The SMILES string of the molecule is Cc1cc2c(cc1S(=O)(=O)N(C)CC(=O)N1CCCCC1)OCC(=O)N2. The number of hydrogen-bond acceptors (Lipinski definition) is 5. The standard InChI is InChI=1S/C17H23N3O5S/c1-12-8-13-14(25-11-16(21)18-13)9-15(12)26(23,24)19(2)10-17(22)20-6-4-3-5-7-20/h8-9H,3-7,10-11H2,1-2H3,(H,18,21). The number of carbonyl (C=O) groups excluding carboxylic acids is 2. The maximum Gasteiger partial charge on any atom is 0.262 e. The van der Waals surface area contributed by atoms with E-state index in [9.17, 15) is 18.0 Å². The van der Waals surface area contributed by atoms with Gasteiger partial charge in [0, 0.05) is 26.2 Å². The first kappa shape index (κ1) is 18.7. The number of nitrogens with zero attached hydrogens (tertiary/aromatic N) is 2. The molecule has 1 aromatic rings. The van der Waals surface area contributed by atoms with E-state index >= 15 is 0 Å². The fourth-order valence-electron chi connectivity index (χ4n) is 3.18. The van der Waals surface area contributed by atoms with Crippen molar-refractivity contribution in [3.8, 4) is 5.75 Å². The Bertz CT molecular complexity index is 831. The fourth-order valence-corrected chi connectivity index (χ4v) is 4.52. The summed E-state index contributed by atoms with van der Waals surface area (Å²) in [7, 11) is -2.46. The summed E-state index contributed by atoms with van der Waals surface area (Å²) in [5, 5.41) is 2.65. The molecule has 3 rings (SSSR count). The number of piperidine rings is 1. The van der Waals surface area contributed by atoms with Crippen LogP contribution >= 0.6 is 0 Å². The Balaban J connectivity index is 1.80. The lowest BCUT2D eigenvalue weighted by Crippen LogP contribution is -2.43. The molecule has 0 saturated carbocycles. The summed E-state index contributed by atoms with van der Waals surface area (Å²) in [5.41, 5.74) is 0.927. The summed E-state index contributed by atoms with van der Waals surface area (Å²) in [6, 6.07) is 2.97. The van der Waals surface area contributed by atoms with Crippen LogP contribution < -0.4 is 10.1 Å². The first-order valence-electron chi connectivity index (χ1n) is 8.60. The molecule has 26 heavy (non-hydrogen) atoms. The van der Waals surface area contributed by atoms with Crippen molar-refractivity contribution in [1.29, 1.82) is 0 Å². The number of rotatable bonds is 4. The molecule has 0 unspecified atom stereocenters. The average Bonchev–Trinajstić information content (AvgIpc) is 2.61. The number of benzene rings is 1. The number of ether oxygens (including phenoxy) is 1. The van der Waals surface area contributed by atoms with E-state index in [-0.39, 0.29) is 29.9 Å². The van der Waals surface area contributed by atoms with Crippen molar-refractivity contribution in [3.05, 3.63) is 17.7 Å². The van der Waals surface area contributed by atoms with E-state index in [0.717, 1.165) is 23.6 Å². The number of sulfonamides is 1. The van der Waals surface area contributed by atoms with Gasteiger partial charge in [-0.3, -0.25) is 9.59 Å². The summed E-state index contributed by atoms with van der Waals surface area (Å²) >= 11 is 0. The van der Waals surface area contributed by atoms with Crippen molar-refractivity contribution in [3.63, 3.8) is 0 Å². The third-order valence-corrected chi connectivity index (χ3v) is 6.61.